The molecule has 0 radical (unpaired) electrons. The lowest BCUT2D eigenvalue weighted by Crippen LogP contribution is -2.23. The molecule has 0 aromatic rings. The molecule has 0 saturated carbocycles. The van der Waals surface area contributed by atoms with Gasteiger partial charge in [-0.25, -0.2) is 0 Å². The van der Waals surface area contributed by atoms with Crippen LogP contribution >= 0.6 is 0 Å². The lowest BCUT2D eigenvalue weighted by molar-refractivity contribution is -0.146. The van der Waals surface area contributed by atoms with Crippen LogP contribution in [0.5, 0.6) is 0 Å². The van der Waals surface area contributed by atoms with E-state index in [4.69, 9.17) is 4.74 Å². The molecule has 106 valence electrons. The van der Waals surface area contributed by atoms with Gasteiger partial charge in [0.25, 0.3) is 0 Å². The molecule has 0 fully saturated rings. The molecule has 0 aromatic heterocycles. The predicted molar refractivity (Wildman–Crippen MR) is 73.4 cm³/mol. The molecule has 0 N–H and O–H groups in total. The molecule has 3 nitrogen and oxygen atoms in total. The molecule has 3 heteroatoms. The first-order chi connectivity index (χ1) is 8.43. The first-order valence-corrected chi connectivity index (χ1v) is 7.08. The Morgan fingerprint density at radius 2 is 1.78 bits per heavy atom. The highest BCUT2D eigenvalue weighted by Gasteiger charge is 2.25. The number of Topliss-reactive ketones (excluding diaryl/α,β-unsaturated/α-hetero) is 1. The Hall–Kier alpha value is -0.860. The summed E-state index contributed by atoms with van der Waals surface area (Å²) in [7, 11) is 0. The third kappa shape index (κ3) is 8.26. The zero-order chi connectivity index (χ0) is 14.0. The number of ketones is 1. The molecule has 0 aliphatic carbocycles. The normalized spacial score (nSPS) is 14.0. The lowest BCUT2D eigenvalue weighted by Gasteiger charge is -2.27. The number of esters is 1. The minimum Gasteiger partial charge on any atom is -0.458 e. The summed E-state index contributed by atoms with van der Waals surface area (Å²) < 4.78 is 4.75. The zero-order valence-corrected chi connectivity index (χ0v) is 12.4. The number of rotatable bonds is 10. The zero-order valence-electron chi connectivity index (χ0n) is 12.4. The van der Waals surface area contributed by atoms with Crippen LogP contribution in [0.15, 0.2) is 0 Å². The van der Waals surface area contributed by atoms with Crippen LogP contribution in [0.25, 0.3) is 0 Å². The van der Waals surface area contributed by atoms with Gasteiger partial charge in [-0.2, -0.15) is 0 Å². The van der Waals surface area contributed by atoms with E-state index in [9.17, 15) is 9.59 Å². The van der Waals surface area contributed by atoms with Gasteiger partial charge in [-0.1, -0.05) is 52.9 Å². The van der Waals surface area contributed by atoms with E-state index in [-0.39, 0.29) is 23.8 Å². The fourth-order valence-electron chi connectivity index (χ4n) is 2.08. The highest BCUT2D eigenvalue weighted by Crippen LogP contribution is 2.32. The van der Waals surface area contributed by atoms with E-state index in [0.717, 1.165) is 12.8 Å². The number of carbonyl (C=O) groups is 2. The van der Waals surface area contributed by atoms with Crippen molar-refractivity contribution in [1.29, 1.82) is 0 Å². The fourth-order valence-corrected chi connectivity index (χ4v) is 2.08. The van der Waals surface area contributed by atoms with Gasteiger partial charge >= 0.3 is 5.97 Å². The third-order valence-electron chi connectivity index (χ3n) is 3.55. The molecule has 18 heavy (non-hydrogen) atoms. The van der Waals surface area contributed by atoms with E-state index < -0.39 is 0 Å². The Labute approximate surface area is 111 Å². The SMILES string of the molecule is CCCCCCC(C)(CC)CC(=O)COC(C)=O. The van der Waals surface area contributed by atoms with Gasteiger partial charge in [-0.05, 0) is 11.8 Å². The quantitative estimate of drug-likeness (QED) is 0.440. The van der Waals surface area contributed by atoms with Gasteiger partial charge in [-0.15, -0.1) is 0 Å². The number of hydrogen-bond donors (Lipinski definition) is 0. The second-order valence-electron chi connectivity index (χ2n) is 5.47. The van der Waals surface area contributed by atoms with Crippen LogP contribution in [0.4, 0.5) is 0 Å². The average Bonchev–Trinajstić information content (AvgIpc) is 2.32. The highest BCUT2D eigenvalue weighted by atomic mass is 16.5. The highest BCUT2D eigenvalue weighted by molar-refractivity contribution is 5.82. The van der Waals surface area contributed by atoms with Gasteiger partial charge in [-0.3, -0.25) is 9.59 Å². The predicted octanol–water partition coefficient (Wildman–Crippen LogP) is 3.90. The van der Waals surface area contributed by atoms with Gasteiger partial charge in [0.1, 0.15) is 6.61 Å². The van der Waals surface area contributed by atoms with E-state index >= 15 is 0 Å². The Bertz CT molecular complexity index is 260. The summed E-state index contributed by atoms with van der Waals surface area (Å²) in [6.07, 6.45) is 7.50. The summed E-state index contributed by atoms with van der Waals surface area (Å²) in [6, 6.07) is 0. The monoisotopic (exact) mass is 256 g/mol. The van der Waals surface area contributed by atoms with Crippen molar-refractivity contribution in [2.75, 3.05) is 6.61 Å². The summed E-state index contributed by atoms with van der Waals surface area (Å²) in [5.74, 6) is -0.352. The number of ether oxygens (including phenoxy) is 1. The maximum absolute atomic E-state index is 11.7. The van der Waals surface area contributed by atoms with Crippen molar-refractivity contribution in [2.45, 2.75) is 72.6 Å². The second kappa shape index (κ2) is 9.12. The number of unbranched alkanes of at least 4 members (excludes halogenated alkanes) is 3. The molecule has 0 aliphatic heterocycles. The number of hydrogen-bond acceptors (Lipinski definition) is 3. The van der Waals surface area contributed by atoms with Gasteiger partial charge in [0.2, 0.25) is 0 Å². The minimum atomic E-state index is -0.385. The van der Waals surface area contributed by atoms with Crippen molar-refractivity contribution < 1.29 is 14.3 Å². The van der Waals surface area contributed by atoms with Crippen molar-refractivity contribution in [2.24, 2.45) is 5.41 Å². The summed E-state index contributed by atoms with van der Waals surface area (Å²) >= 11 is 0. The topological polar surface area (TPSA) is 43.4 Å². The molecular weight excluding hydrogens is 228 g/mol. The van der Waals surface area contributed by atoms with Crippen LogP contribution in [0.1, 0.15) is 72.6 Å². The standard InChI is InChI=1S/C15H28O3/c1-5-7-8-9-10-15(4,6-2)11-14(17)12-18-13(3)16/h5-12H2,1-4H3. The van der Waals surface area contributed by atoms with E-state index in [1.165, 1.54) is 32.6 Å². The Morgan fingerprint density at radius 1 is 1.11 bits per heavy atom. The third-order valence-corrected chi connectivity index (χ3v) is 3.55. The summed E-state index contributed by atoms with van der Waals surface area (Å²) in [5.41, 5.74) is 0.0605. The van der Waals surface area contributed by atoms with Crippen molar-refractivity contribution in [1.82, 2.24) is 0 Å². The Kier molecular flexibility index (Phi) is 8.69. The minimum absolute atomic E-state index is 0.0324. The average molecular weight is 256 g/mol. The molecule has 0 aliphatic rings. The molecule has 0 aromatic carbocycles. The van der Waals surface area contributed by atoms with E-state index in [1.807, 2.05) is 0 Å². The van der Waals surface area contributed by atoms with Gasteiger partial charge < -0.3 is 4.74 Å². The fraction of sp³-hybridized carbons (Fsp3) is 0.867. The Morgan fingerprint density at radius 3 is 2.28 bits per heavy atom. The molecule has 0 rings (SSSR count). The van der Waals surface area contributed by atoms with Crippen molar-refractivity contribution >= 4 is 11.8 Å². The van der Waals surface area contributed by atoms with Gasteiger partial charge in [0, 0.05) is 13.3 Å². The van der Waals surface area contributed by atoms with Crippen molar-refractivity contribution in [3.05, 3.63) is 0 Å². The molecule has 0 heterocycles. The van der Waals surface area contributed by atoms with Crippen LogP contribution in [0.3, 0.4) is 0 Å². The molecule has 1 atom stereocenters. The molecule has 0 bridgehead atoms. The van der Waals surface area contributed by atoms with Gasteiger partial charge in [0.05, 0.1) is 0 Å². The summed E-state index contributed by atoms with van der Waals surface area (Å²) in [5, 5.41) is 0. The first-order valence-electron chi connectivity index (χ1n) is 7.08. The summed E-state index contributed by atoms with van der Waals surface area (Å²) in [6.45, 7) is 7.74. The first kappa shape index (κ1) is 17.1. The molecule has 0 saturated heterocycles. The van der Waals surface area contributed by atoms with Crippen LogP contribution < -0.4 is 0 Å². The lowest BCUT2D eigenvalue weighted by atomic mass is 9.78. The van der Waals surface area contributed by atoms with Gasteiger partial charge in [0.15, 0.2) is 5.78 Å². The maximum atomic E-state index is 11.7. The maximum Gasteiger partial charge on any atom is 0.303 e. The van der Waals surface area contributed by atoms with Crippen LogP contribution in [0.2, 0.25) is 0 Å². The van der Waals surface area contributed by atoms with E-state index in [0.29, 0.717) is 6.42 Å². The van der Waals surface area contributed by atoms with Crippen LogP contribution in [0, 0.1) is 5.41 Å². The van der Waals surface area contributed by atoms with E-state index in [2.05, 4.69) is 20.8 Å². The van der Waals surface area contributed by atoms with Crippen LogP contribution in [-0.2, 0) is 14.3 Å². The molecular formula is C15H28O3. The van der Waals surface area contributed by atoms with E-state index in [1.54, 1.807) is 0 Å². The Balaban J connectivity index is 4.04. The van der Waals surface area contributed by atoms with Crippen LogP contribution in [-0.4, -0.2) is 18.4 Å². The van der Waals surface area contributed by atoms with Crippen molar-refractivity contribution in [3.63, 3.8) is 0 Å². The largest absolute Gasteiger partial charge is 0.458 e. The molecule has 0 amide bonds. The van der Waals surface area contributed by atoms with Crippen molar-refractivity contribution in [3.8, 4) is 0 Å². The summed E-state index contributed by atoms with van der Waals surface area (Å²) in [4.78, 5) is 22.4. The smallest absolute Gasteiger partial charge is 0.303 e. The second-order valence-corrected chi connectivity index (χ2v) is 5.47. The molecule has 1 unspecified atom stereocenters. The number of carbonyl (C=O) groups excluding carboxylic acids is 2. The molecule has 0 spiro atoms.